The van der Waals surface area contributed by atoms with Crippen molar-refractivity contribution in [2.45, 2.75) is 37.5 Å². The number of pyridine rings is 1. The Labute approximate surface area is 203 Å². The Morgan fingerprint density at radius 1 is 1.18 bits per heavy atom. The molecule has 8 nitrogen and oxygen atoms in total. The number of carbonyl (C=O) groups excluding carboxylic acids is 2. The van der Waals surface area contributed by atoms with Gasteiger partial charge in [-0.05, 0) is 51.0 Å². The minimum Gasteiger partial charge on any atom is -0.495 e. The van der Waals surface area contributed by atoms with E-state index >= 15 is 0 Å². The first-order valence-corrected chi connectivity index (χ1v) is 12.2. The van der Waals surface area contributed by atoms with Gasteiger partial charge < -0.3 is 19.5 Å². The summed E-state index contributed by atoms with van der Waals surface area (Å²) in [6, 6.07) is 10.9. The third-order valence-corrected chi connectivity index (χ3v) is 7.09. The van der Waals surface area contributed by atoms with E-state index in [0.717, 1.165) is 17.0 Å². The third-order valence-electron chi connectivity index (χ3n) is 6.05. The molecule has 2 amide bonds. The molecule has 0 bridgehead atoms. The molecule has 0 radical (unpaired) electrons. The molecule has 3 heterocycles. The molecule has 1 N–H and O–H groups in total. The van der Waals surface area contributed by atoms with Crippen LogP contribution in [0, 0.1) is 19.8 Å². The summed E-state index contributed by atoms with van der Waals surface area (Å²) in [5.74, 6) is 1.77. The zero-order valence-electron chi connectivity index (χ0n) is 19.5. The van der Waals surface area contributed by atoms with Gasteiger partial charge >= 0.3 is 0 Å². The zero-order chi connectivity index (χ0) is 24.1. The van der Waals surface area contributed by atoms with Gasteiger partial charge in [0.2, 0.25) is 5.91 Å². The van der Waals surface area contributed by atoms with Gasteiger partial charge in [-0.3, -0.25) is 9.59 Å². The van der Waals surface area contributed by atoms with Crippen LogP contribution in [0.15, 0.2) is 52.1 Å². The van der Waals surface area contributed by atoms with Crippen molar-refractivity contribution in [2.75, 3.05) is 25.5 Å². The number of para-hydroxylation sites is 2. The van der Waals surface area contributed by atoms with E-state index in [9.17, 15) is 9.59 Å². The Bertz CT molecular complexity index is 1150. The SMILES string of the molecule is COc1ccccc1NC(=O)C1CCN(C(=O)c2cccnc2SCc2c(C)noc2C)CC1. The first-order chi connectivity index (χ1) is 16.5. The highest BCUT2D eigenvalue weighted by molar-refractivity contribution is 7.98. The third kappa shape index (κ3) is 5.25. The van der Waals surface area contributed by atoms with Crippen LogP contribution in [-0.4, -0.2) is 47.1 Å². The van der Waals surface area contributed by atoms with Gasteiger partial charge in [0.05, 0.1) is 24.1 Å². The molecule has 0 aliphatic carbocycles. The van der Waals surface area contributed by atoms with Crippen molar-refractivity contribution in [3.05, 3.63) is 65.2 Å². The normalized spacial score (nSPS) is 14.1. The summed E-state index contributed by atoms with van der Waals surface area (Å²) in [6.45, 7) is 4.83. The molecule has 9 heteroatoms. The molecule has 1 fully saturated rings. The maximum atomic E-state index is 13.3. The lowest BCUT2D eigenvalue weighted by molar-refractivity contribution is -0.121. The standard InChI is InChI=1S/C25H28N4O4S/c1-16-20(17(2)33-28-16)15-34-24-19(7-6-12-26-24)25(31)29-13-10-18(11-14-29)23(30)27-21-8-4-5-9-22(21)32-3/h4-9,12,18H,10-11,13-15H2,1-3H3,(H,27,30). The first kappa shape index (κ1) is 23.8. The zero-order valence-corrected chi connectivity index (χ0v) is 20.4. The predicted octanol–water partition coefficient (Wildman–Crippen LogP) is 4.48. The maximum Gasteiger partial charge on any atom is 0.256 e. The van der Waals surface area contributed by atoms with Gasteiger partial charge in [-0.25, -0.2) is 4.98 Å². The fraction of sp³-hybridized carbons (Fsp3) is 0.360. The fourth-order valence-corrected chi connectivity index (χ4v) is 5.15. The monoisotopic (exact) mass is 480 g/mol. The van der Waals surface area contributed by atoms with Crippen LogP contribution in [0.25, 0.3) is 0 Å². The van der Waals surface area contributed by atoms with Gasteiger partial charge in [-0.15, -0.1) is 11.8 Å². The lowest BCUT2D eigenvalue weighted by Gasteiger charge is -2.31. The highest BCUT2D eigenvalue weighted by Gasteiger charge is 2.29. The number of nitrogens with zero attached hydrogens (tertiary/aromatic N) is 3. The highest BCUT2D eigenvalue weighted by Crippen LogP contribution is 2.30. The Kier molecular flexibility index (Phi) is 7.52. The number of aryl methyl sites for hydroxylation is 2. The minimum atomic E-state index is -0.156. The Morgan fingerprint density at radius 2 is 1.94 bits per heavy atom. The number of hydrogen-bond donors (Lipinski definition) is 1. The molecular weight excluding hydrogens is 452 g/mol. The average molecular weight is 481 g/mol. The molecule has 0 atom stereocenters. The van der Waals surface area contributed by atoms with E-state index in [1.54, 1.807) is 19.4 Å². The van der Waals surface area contributed by atoms with Crippen LogP contribution < -0.4 is 10.1 Å². The van der Waals surface area contributed by atoms with Crippen molar-refractivity contribution in [3.63, 3.8) is 0 Å². The molecule has 4 rings (SSSR count). The number of thioether (sulfide) groups is 1. The van der Waals surface area contributed by atoms with Gasteiger partial charge in [-0.2, -0.15) is 0 Å². The minimum absolute atomic E-state index is 0.0475. The molecule has 178 valence electrons. The first-order valence-electron chi connectivity index (χ1n) is 11.2. The van der Waals surface area contributed by atoms with Crippen molar-refractivity contribution >= 4 is 29.3 Å². The number of carbonyl (C=O) groups is 2. The molecule has 1 aliphatic heterocycles. The van der Waals surface area contributed by atoms with Gasteiger partial charge in [0.1, 0.15) is 16.5 Å². The van der Waals surface area contributed by atoms with E-state index in [2.05, 4.69) is 15.5 Å². The lowest BCUT2D eigenvalue weighted by Crippen LogP contribution is -2.41. The van der Waals surface area contributed by atoms with E-state index in [0.29, 0.717) is 53.7 Å². The van der Waals surface area contributed by atoms with Crippen molar-refractivity contribution in [3.8, 4) is 5.75 Å². The van der Waals surface area contributed by atoms with Gasteiger partial charge in [0.25, 0.3) is 5.91 Å². The summed E-state index contributed by atoms with van der Waals surface area (Å²) in [7, 11) is 1.58. The molecule has 1 aromatic carbocycles. The summed E-state index contributed by atoms with van der Waals surface area (Å²) in [4.78, 5) is 32.3. The van der Waals surface area contributed by atoms with Gasteiger partial charge in [0, 0.05) is 36.5 Å². The molecule has 3 aromatic rings. The number of rotatable bonds is 7. The molecule has 0 unspecified atom stereocenters. The van der Waals surface area contributed by atoms with Crippen LogP contribution in [-0.2, 0) is 10.5 Å². The van der Waals surface area contributed by atoms with Crippen molar-refractivity contribution in [2.24, 2.45) is 5.92 Å². The Balaban J connectivity index is 1.37. The second kappa shape index (κ2) is 10.7. The van der Waals surface area contributed by atoms with Crippen molar-refractivity contribution in [1.82, 2.24) is 15.0 Å². The molecule has 34 heavy (non-hydrogen) atoms. The summed E-state index contributed by atoms with van der Waals surface area (Å²) < 4.78 is 10.6. The molecule has 1 aliphatic rings. The van der Waals surface area contributed by atoms with E-state index in [1.165, 1.54) is 11.8 Å². The average Bonchev–Trinajstić information content (AvgIpc) is 3.19. The summed E-state index contributed by atoms with van der Waals surface area (Å²) >= 11 is 1.50. The number of methoxy groups -OCH3 is 1. The number of ether oxygens (including phenoxy) is 1. The van der Waals surface area contributed by atoms with Crippen LogP contribution >= 0.6 is 11.8 Å². The largest absolute Gasteiger partial charge is 0.495 e. The second-order valence-electron chi connectivity index (χ2n) is 8.20. The van der Waals surface area contributed by atoms with Crippen LogP contribution in [0.3, 0.4) is 0 Å². The number of hydrogen-bond acceptors (Lipinski definition) is 7. The van der Waals surface area contributed by atoms with Crippen LogP contribution in [0.5, 0.6) is 5.75 Å². The second-order valence-corrected chi connectivity index (χ2v) is 9.17. The molecule has 0 spiro atoms. The number of benzene rings is 1. The number of anilines is 1. The Morgan fingerprint density at radius 3 is 2.65 bits per heavy atom. The van der Waals surface area contributed by atoms with Crippen molar-refractivity contribution in [1.29, 1.82) is 0 Å². The number of amides is 2. The summed E-state index contributed by atoms with van der Waals surface area (Å²) in [5.41, 5.74) is 3.11. The van der Waals surface area contributed by atoms with E-state index < -0.39 is 0 Å². The van der Waals surface area contributed by atoms with E-state index in [-0.39, 0.29) is 17.7 Å². The lowest BCUT2D eigenvalue weighted by atomic mass is 9.95. The quantitative estimate of drug-likeness (QED) is 0.498. The van der Waals surface area contributed by atoms with Gasteiger partial charge in [-0.1, -0.05) is 17.3 Å². The predicted molar refractivity (Wildman–Crippen MR) is 130 cm³/mol. The molecule has 1 saturated heterocycles. The number of likely N-dealkylation sites (tertiary alicyclic amines) is 1. The molecule has 2 aromatic heterocycles. The van der Waals surface area contributed by atoms with Gasteiger partial charge in [0.15, 0.2) is 0 Å². The van der Waals surface area contributed by atoms with Crippen molar-refractivity contribution < 1.29 is 18.8 Å². The molecular formula is C25H28N4O4S. The highest BCUT2D eigenvalue weighted by atomic mass is 32.2. The van der Waals surface area contributed by atoms with Crippen LogP contribution in [0.1, 0.15) is 40.2 Å². The van der Waals surface area contributed by atoms with E-state index in [1.807, 2.05) is 49.1 Å². The smallest absolute Gasteiger partial charge is 0.256 e. The topological polar surface area (TPSA) is 97.6 Å². The van der Waals surface area contributed by atoms with Crippen LogP contribution in [0.4, 0.5) is 5.69 Å². The fourth-order valence-electron chi connectivity index (χ4n) is 4.01. The maximum absolute atomic E-state index is 13.3. The summed E-state index contributed by atoms with van der Waals surface area (Å²) in [5, 5.41) is 7.64. The number of piperidine rings is 1. The van der Waals surface area contributed by atoms with E-state index in [4.69, 9.17) is 9.26 Å². The molecule has 0 saturated carbocycles. The number of nitrogens with one attached hydrogen (secondary N) is 1. The Hall–Kier alpha value is -3.33. The number of aromatic nitrogens is 2. The summed E-state index contributed by atoms with van der Waals surface area (Å²) in [6.07, 6.45) is 2.91. The van der Waals surface area contributed by atoms with Crippen LogP contribution in [0.2, 0.25) is 0 Å².